The summed E-state index contributed by atoms with van der Waals surface area (Å²) in [6, 6.07) is 6.48. The molecule has 2 aromatic heterocycles. The average Bonchev–Trinajstić information content (AvgIpc) is 3.74. The van der Waals surface area contributed by atoms with Crippen LogP contribution in [-0.4, -0.2) is 134 Å². The summed E-state index contributed by atoms with van der Waals surface area (Å²) >= 11 is 23.4. The van der Waals surface area contributed by atoms with E-state index in [2.05, 4.69) is 20.4 Å². The first kappa shape index (κ1) is 57.0. The van der Waals surface area contributed by atoms with Gasteiger partial charge in [-0.05, 0) is 26.0 Å². The molecule has 0 radical (unpaired) electrons. The molecule has 6 rings (SSSR count). The summed E-state index contributed by atoms with van der Waals surface area (Å²) in [4.78, 5) is 52.6. The van der Waals surface area contributed by atoms with Crippen LogP contribution >= 0.6 is 46.4 Å². The van der Waals surface area contributed by atoms with Crippen molar-refractivity contribution in [2.75, 3.05) is 90.6 Å². The molecular formula is C41H48Cl4F6N8O9. The summed E-state index contributed by atoms with van der Waals surface area (Å²) in [6.07, 6.45) is -9.38. The van der Waals surface area contributed by atoms with E-state index in [1.54, 1.807) is 25.3 Å². The number of rotatable bonds is 10. The van der Waals surface area contributed by atoms with Gasteiger partial charge < -0.3 is 44.1 Å². The van der Waals surface area contributed by atoms with E-state index < -0.39 is 64.1 Å². The summed E-state index contributed by atoms with van der Waals surface area (Å²) in [5.74, 6) is -1.71. The zero-order valence-corrected chi connectivity index (χ0v) is 39.5. The molecule has 17 nitrogen and oxygen atoms in total. The van der Waals surface area contributed by atoms with Crippen LogP contribution in [0, 0.1) is 13.8 Å². The number of benzene rings is 2. The molecule has 376 valence electrons. The van der Waals surface area contributed by atoms with E-state index in [0.29, 0.717) is 45.5 Å². The largest absolute Gasteiger partial charge is 0.495 e. The number of carboxylic acids is 1. The third kappa shape index (κ3) is 13.9. The van der Waals surface area contributed by atoms with E-state index >= 15 is 0 Å². The Hall–Kier alpha value is -5.36. The van der Waals surface area contributed by atoms with E-state index in [9.17, 15) is 45.5 Å². The summed E-state index contributed by atoms with van der Waals surface area (Å²) in [5, 5.41) is 17.8. The van der Waals surface area contributed by atoms with Gasteiger partial charge in [0.05, 0.1) is 82.4 Å². The van der Waals surface area contributed by atoms with Gasteiger partial charge in [0, 0.05) is 64.5 Å². The molecule has 0 unspecified atom stereocenters. The maximum Gasteiger partial charge on any atom is 0.436 e. The van der Waals surface area contributed by atoms with Gasteiger partial charge in [0.1, 0.15) is 24.6 Å². The predicted octanol–water partition coefficient (Wildman–Crippen LogP) is 7.79. The van der Waals surface area contributed by atoms with Crippen LogP contribution in [0.2, 0.25) is 20.1 Å². The Balaban J connectivity index is 0.000000296. The third-order valence-electron chi connectivity index (χ3n) is 10.2. The van der Waals surface area contributed by atoms with E-state index in [1.165, 1.54) is 46.1 Å². The van der Waals surface area contributed by atoms with Gasteiger partial charge in [-0.15, -0.1) is 0 Å². The van der Waals surface area contributed by atoms with Gasteiger partial charge in [-0.25, -0.2) is 9.59 Å². The highest BCUT2D eigenvalue weighted by atomic mass is 35.5. The maximum absolute atomic E-state index is 13.0. The van der Waals surface area contributed by atoms with Gasteiger partial charge in [0.2, 0.25) is 5.91 Å². The average molecular weight is 1050 g/mol. The van der Waals surface area contributed by atoms with Crippen molar-refractivity contribution in [2.45, 2.75) is 46.7 Å². The molecule has 2 fully saturated rings. The number of hydrogen-bond acceptors (Lipinski definition) is 13. The normalized spacial score (nSPS) is 13.9. The lowest BCUT2D eigenvalue weighted by Crippen LogP contribution is -2.50. The Morgan fingerprint density at radius 3 is 1.37 bits per heavy atom. The summed E-state index contributed by atoms with van der Waals surface area (Å²) < 4.78 is 97.7. The van der Waals surface area contributed by atoms with Crippen molar-refractivity contribution in [1.29, 1.82) is 0 Å². The molecule has 1 amide bonds. The van der Waals surface area contributed by atoms with Crippen molar-refractivity contribution in [3.63, 3.8) is 0 Å². The highest BCUT2D eigenvalue weighted by molar-refractivity contribution is 6.33. The standard InChI is InChI=1S/C20H21Cl2F3N4O4.C13H17ClN2O3.C7H6ClF3N2O2.CH4/c1-11-17(22)18(20(23,24)25)26-29(11)10-16(30)28-6-4-27(5-7-28)14-9-15(32-2)13(21)8-12(14)19(31)33-3;1-18-12-8-11(16-5-3-15-4-6-16)9(7-10(12)14)13(17)19-2;1-3-5(8)6(7(9,10)11)12-13(3)2-4(14)15;/h8-9H,4-7,10H2,1-3H3;7-8,15H,3-6H2,1-2H3;2H2,1H3,(H,14,15);1H4. The van der Waals surface area contributed by atoms with Crippen LogP contribution in [0.5, 0.6) is 11.5 Å². The minimum absolute atomic E-state index is 0. The lowest BCUT2D eigenvalue weighted by Gasteiger charge is -2.37. The summed E-state index contributed by atoms with van der Waals surface area (Å²) in [6.45, 7) is 6.34. The number of aromatic nitrogens is 4. The molecule has 27 heteroatoms. The molecule has 68 heavy (non-hydrogen) atoms. The number of nitrogens with one attached hydrogen (secondary N) is 1. The molecule has 2 aromatic carbocycles. The Labute approximate surface area is 406 Å². The lowest BCUT2D eigenvalue weighted by molar-refractivity contribution is -0.143. The number of methoxy groups -OCH3 is 4. The number of amides is 1. The monoisotopic (exact) mass is 1050 g/mol. The Morgan fingerprint density at radius 1 is 0.647 bits per heavy atom. The second-order valence-corrected chi connectivity index (χ2v) is 15.9. The molecule has 0 aliphatic carbocycles. The molecule has 4 heterocycles. The summed E-state index contributed by atoms with van der Waals surface area (Å²) in [5.41, 5.74) is -0.373. The number of carboxylic acid groups (broad SMARTS) is 1. The number of alkyl halides is 6. The Morgan fingerprint density at radius 2 is 1.03 bits per heavy atom. The van der Waals surface area contributed by atoms with Crippen molar-refractivity contribution in [3.8, 4) is 11.5 Å². The van der Waals surface area contributed by atoms with E-state index in [4.69, 9.17) is 70.5 Å². The quantitative estimate of drug-likeness (QED) is 0.116. The lowest BCUT2D eigenvalue weighted by atomic mass is 10.1. The fraction of sp³-hybridized carbons (Fsp3) is 0.463. The zero-order chi connectivity index (χ0) is 50.1. The van der Waals surface area contributed by atoms with Crippen LogP contribution in [0.1, 0.15) is 50.9 Å². The van der Waals surface area contributed by atoms with Gasteiger partial charge >= 0.3 is 30.3 Å². The number of piperazine rings is 2. The van der Waals surface area contributed by atoms with Crippen LogP contribution < -0.4 is 24.6 Å². The van der Waals surface area contributed by atoms with Crippen molar-refractivity contribution in [3.05, 3.63) is 78.3 Å². The molecule has 0 atom stereocenters. The summed E-state index contributed by atoms with van der Waals surface area (Å²) in [7, 11) is 5.63. The molecule has 2 saturated heterocycles. The number of halogens is 10. The van der Waals surface area contributed by atoms with Crippen molar-refractivity contribution in [2.24, 2.45) is 0 Å². The molecule has 0 bridgehead atoms. The zero-order valence-electron chi connectivity index (χ0n) is 36.5. The Bertz CT molecular complexity index is 2440. The van der Waals surface area contributed by atoms with Crippen molar-refractivity contribution in [1.82, 2.24) is 29.8 Å². The molecule has 2 N–H and O–H groups in total. The molecule has 2 aliphatic rings. The van der Waals surface area contributed by atoms with E-state index in [-0.39, 0.29) is 49.0 Å². The molecule has 0 saturated carbocycles. The SMILES string of the molecule is C.COC(=O)c1cc(Cl)c(OC)cc1N1CCN(C(=O)Cn2nc(C(F)(F)F)c(Cl)c2C)CC1.COC(=O)c1cc(Cl)c(OC)cc1N1CCNCC1.Cc1c(Cl)c(C(F)(F)F)nn1CC(=O)O. The van der Waals surface area contributed by atoms with Gasteiger partial charge in [0.25, 0.3) is 0 Å². The minimum atomic E-state index is -4.71. The van der Waals surface area contributed by atoms with Gasteiger partial charge in [-0.3, -0.25) is 19.0 Å². The fourth-order valence-electron chi connectivity index (χ4n) is 6.65. The third-order valence-corrected chi connectivity index (χ3v) is 11.7. The van der Waals surface area contributed by atoms with Crippen LogP contribution in [0.15, 0.2) is 24.3 Å². The van der Waals surface area contributed by atoms with Crippen LogP contribution in [0.4, 0.5) is 37.7 Å². The smallest absolute Gasteiger partial charge is 0.436 e. The molecule has 2 aliphatic heterocycles. The molecular weight excluding hydrogens is 1000 g/mol. The first-order valence-electron chi connectivity index (χ1n) is 19.6. The topological polar surface area (TPSA) is 183 Å². The second-order valence-electron chi connectivity index (χ2n) is 14.3. The molecule has 4 aromatic rings. The molecule has 0 spiro atoms. The second kappa shape index (κ2) is 24.3. The predicted molar refractivity (Wildman–Crippen MR) is 241 cm³/mol. The van der Waals surface area contributed by atoms with Crippen LogP contribution in [0.25, 0.3) is 0 Å². The number of nitrogens with zero attached hydrogens (tertiary/aromatic N) is 7. The number of esters is 2. The fourth-order valence-corrected chi connectivity index (χ4v) is 7.61. The Kier molecular flexibility index (Phi) is 20.3. The minimum Gasteiger partial charge on any atom is -0.495 e. The van der Waals surface area contributed by atoms with E-state index in [0.717, 1.165) is 36.5 Å². The highest BCUT2D eigenvalue weighted by Crippen LogP contribution is 2.38. The number of carbonyl (C=O) groups is 4. The number of hydrogen-bond donors (Lipinski definition) is 2. The van der Waals surface area contributed by atoms with Crippen LogP contribution in [0.3, 0.4) is 0 Å². The first-order chi connectivity index (χ1) is 31.4. The first-order valence-corrected chi connectivity index (χ1v) is 21.1. The number of ether oxygens (including phenoxy) is 4. The highest BCUT2D eigenvalue weighted by Gasteiger charge is 2.40. The number of aliphatic carboxylic acids is 1. The van der Waals surface area contributed by atoms with Gasteiger partial charge in [-0.1, -0.05) is 53.8 Å². The van der Waals surface area contributed by atoms with Gasteiger partial charge in [-0.2, -0.15) is 36.5 Å². The maximum atomic E-state index is 13.0. The van der Waals surface area contributed by atoms with Crippen LogP contribution in [-0.2, 0) is 44.5 Å². The van der Waals surface area contributed by atoms with Crippen molar-refractivity contribution >= 4 is 81.6 Å². The van der Waals surface area contributed by atoms with Crippen molar-refractivity contribution < 1.29 is 69.6 Å². The number of anilines is 2. The number of carbonyl (C=O) groups excluding carboxylic acids is 3. The van der Waals surface area contributed by atoms with Gasteiger partial charge in [0.15, 0.2) is 11.4 Å². The van der Waals surface area contributed by atoms with E-state index in [1.807, 2.05) is 4.90 Å².